The van der Waals surface area contributed by atoms with Crippen LogP contribution in [0.1, 0.15) is 16.1 Å². The summed E-state index contributed by atoms with van der Waals surface area (Å²) >= 11 is 0. The maximum absolute atomic E-state index is 11.9. The summed E-state index contributed by atoms with van der Waals surface area (Å²) in [5.74, 6) is -1.37. The second kappa shape index (κ2) is 7.37. The second-order valence-electron chi connectivity index (χ2n) is 4.34. The van der Waals surface area contributed by atoms with Crippen molar-refractivity contribution in [2.24, 2.45) is 10.8 Å². The Hall–Kier alpha value is -3.67. The normalized spacial score (nSPS) is 10.7. The summed E-state index contributed by atoms with van der Waals surface area (Å²) in [5, 5.41) is 15.2. The summed E-state index contributed by atoms with van der Waals surface area (Å²) in [6.07, 6.45) is 1.24. The molecule has 0 saturated carbocycles. The van der Waals surface area contributed by atoms with Crippen molar-refractivity contribution in [1.29, 1.82) is 5.26 Å². The molecular weight excluding hydrogens is 298 g/mol. The van der Waals surface area contributed by atoms with Gasteiger partial charge in [-0.05, 0) is 5.56 Å². The van der Waals surface area contributed by atoms with E-state index in [-0.39, 0.29) is 18.1 Å². The number of imidazole rings is 1. The molecule has 1 aromatic carbocycles. The van der Waals surface area contributed by atoms with E-state index in [4.69, 9.17) is 11.0 Å². The van der Waals surface area contributed by atoms with Crippen LogP contribution in [0.15, 0.2) is 41.8 Å². The van der Waals surface area contributed by atoms with E-state index in [1.54, 1.807) is 6.07 Å². The van der Waals surface area contributed by atoms with Crippen LogP contribution < -0.4 is 16.5 Å². The Labute approximate surface area is 131 Å². The topological polar surface area (TPSA) is 149 Å². The van der Waals surface area contributed by atoms with E-state index in [1.165, 1.54) is 6.33 Å². The lowest BCUT2D eigenvalue weighted by Gasteiger charge is -2.04. The standard InChI is InChI=1S/C14H13N7O2/c15-6-10(14(23)17-7-9-4-2-1-3-5-9)20-21-13-11(12(16)22)18-8-19-13/h1-5,8,21H,7H2,(H2,16,22)(H,17,23)(H,18,19)/b20-10-. The number of nitrogens with zero attached hydrogens (tertiary/aromatic N) is 3. The quantitative estimate of drug-likeness (QED) is 0.441. The van der Waals surface area contributed by atoms with Gasteiger partial charge < -0.3 is 16.0 Å². The van der Waals surface area contributed by atoms with E-state index in [9.17, 15) is 9.59 Å². The predicted molar refractivity (Wildman–Crippen MR) is 82.1 cm³/mol. The number of hydrazone groups is 1. The predicted octanol–water partition coefficient (Wildman–Crippen LogP) is 0.116. The fourth-order valence-corrected chi connectivity index (χ4v) is 1.66. The number of primary amides is 1. The average Bonchev–Trinajstić information content (AvgIpc) is 3.03. The van der Waals surface area contributed by atoms with Crippen LogP contribution >= 0.6 is 0 Å². The highest BCUT2D eigenvalue weighted by molar-refractivity contribution is 6.45. The first-order valence-electron chi connectivity index (χ1n) is 6.51. The third kappa shape index (κ3) is 4.15. The molecule has 0 aliphatic carbocycles. The first-order chi connectivity index (χ1) is 11.1. The summed E-state index contributed by atoms with van der Waals surface area (Å²) in [4.78, 5) is 29.3. The largest absolute Gasteiger partial charge is 0.364 e. The van der Waals surface area contributed by atoms with Crippen LogP contribution in [0.3, 0.4) is 0 Å². The van der Waals surface area contributed by atoms with Gasteiger partial charge in [0.15, 0.2) is 5.82 Å². The average molecular weight is 311 g/mol. The maximum Gasteiger partial charge on any atom is 0.282 e. The van der Waals surface area contributed by atoms with Crippen molar-refractivity contribution >= 4 is 23.3 Å². The van der Waals surface area contributed by atoms with E-state index < -0.39 is 17.5 Å². The number of amides is 2. The van der Waals surface area contributed by atoms with Crippen molar-refractivity contribution in [1.82, 2.24) is 15.3 Å². The van der Waals surface area contributed by atoms with Crippen LogP contribution in [0.25, 0.3) is 0 Å². The number of carbonyl (C=O) groups excluding carboxylic acids is 2. The van der Waals surface area contributed by atoms with Gasteiger partial charge in [0.05, 0.1) is 6.33 Å². The van der Waals surface area contributed by atoms with Crippen LogP contribution in [0.2, 0.25) is 0 Å². The molecule has 0 radical (unpaired) electrons. The summed E-state index contributed by atoms with van der Waals surface area (Å²) < 4.78 is 0. The lowest BCUT2D eigenvalue weighted by atomic mass is 10.2. The number of H-pyrrole nitrogens is 1. The number of aromatic nitrogens is 2. The van der Waals surface area contributed by atoms with Gasteiger partial charge in [-0.25, -0.2) is 4.98 Å². The molecule has 0 aliphatic rings. The summed E-state index contributed by atoms with van der Waals surface area (Å²) in [5.41, 5.74) is 7.97. The Morgan fingerprint density at radius 3 is 2.74 bits per heavy atom. The minimum Gasteiger partial charge on any atom is -0.364 e. The van der Waals surface area contributed by atoms with Gasteiger partial charge in [-0.15, -0.1) is 0 Å². The van der Waals surface area contributed by atoms with Crippen LogP contribution in [0.5, 0.6) is 0 Å². The van der Waals surface area contributed by atoms with Crippen LogP contribution in [-0.2, 0) is 11.3 Å². The van der Waals surface area contributed by atoms with E-state index in [0.29, 0.717) is 0 Å². The number of aromatic amines is 1. The second-order valence-corrected chi connectivity index (χ2v) is 4.34. The number of hydrogen-bond donors (Lipinski definition) is 4. The Balaban J connectivity index is 2.01. The van der Waals surface area contributed by atoms with Gasteiger partial charge >= 0.3 is 0 Å². The van der Waals surface area contributed by atoms with Gasteiger partial charge in [-0.2, -0.15) is 10.4 Å². The van der Waals surface area contributed by atoms with E-state index in [0.717, 1.165) is 5.56 Å². The number of nitrogens with one attached hydrogen (secondary N) is 3. The Morgan fingerprint density at radius 2 is 2.09 bits per heavy atom. The molecule has 0 saturated heterocycles. The Morgan fingerprint density at radius 1 is 1.35 bits per heavy atom. The number of carbonyl (C=O) groups is 2. The smallest absolute Gasteiger partial charge is 0.282 e. The first-order valence-corrected chi connectivity index (χ1v) is 6.51. The van der Waals surface area contributed by atoms with Gasteiger partial charge in [0.1, 0.15) is 11.8 Å². The SMILES string of the molecule is N#C/C(=N/Nc1nc[nH]c1C(N)=O)C(=O)NCc1ccccc1. The Bertz CT molecular complexity index is 774. The molecule has 0 unspecified atom stereocenters. The number of rotatable bonds is 6. The molecule has 0 fully saturated rings. The van der Waals surface area contributed by atoms with E-state index >= 15 is 0 Å². The lowest BCUT2D eigenvalue weighted by molar-refractivity contribution is -0.114. The van der Waals surface area contributed by atoms with E-state index in [1.807, 2.05) is 30.3 Å². The van der Waals surface area contributed by atoms with Crippen molar-refractivity contribution in [2.75, 3.05) is 5.43 Å². The molecule has 2 aromatic rings. The number of nitriles is 1. The van der Waals surface area contributed by atoms with Crippen molar-refractivity contribution in [3.8, 4) is 6.07 Å². The molecule has 0 aliphatic heterocycles. The molecule has 0 spiro atoms. The molecule has 2 rings (SSSR count). The van der Waals surface area contributed by atoms with Crippen molar-refractivity contribution in [3.63, 3.8) is 0 Å². The first kappa shape index (κ1) is 15.7. The van der Waals surface area contributed by atoms with Gasteiger partial charge in [-0.3, -0.25) is 15.0 Å². The molecule has 116 valence electrons. The lowest BCUT2D eigenvalue weighted by Crippen LogP contribution is -2.30. The van der Waals surface area contributed by atoms with Crippen molar-refractivity contribution in [3.05, 3.63) is 47.9 Å². The van der Waals surface area contributed by atoms with Crippen molar-refractivity contribution in [2.45, 2.75) is 6.54 Å². The molecule has 9 heteroatoms. The van der Waals surface area contributed by atoms with Gasteiger partial charge in [-0.1, -0.05) is 30.3 Å². The molecule has 2 amide bonds. The highest BCUT2D eigenvalue weighted by atomic mass is 16.2. The fourth-order valence-electron chi connectivity index (χ4n) is 1.66. The highest BCUT2D eigenvalue weighted by Crippen LogP contribution is 2.08. The number of benzene rings is 1. The molecular formula is C14H13N7O2. The van der Waals surface area contributed by atoms with Crippen LogP contribution in [0.4, 0.5) is 5.82 Å². The third-order valence-electron chi connectivity index (χ3n) is 2.78. The molecule has 23 heavy (non-hydrogen) atoms. The number of anilines is 1. The van der Waals surface area contributed by atoms with Crippen LogP contribution in [0, 0.1) is 11.3 Å². The molecule has 5 N–H and O–H groups in total. The zero-order valence-electron chi connectivity index (χ0n) is 11.9. The van der Waals surface area contributed by atoms with Gasteiger partial charge in [0, 0.05) is 6.54 Å². The molecule has 0 bridgehead atoms. The monoisotopic (exact) mass is 311 g/mol. The minimum absolute atomic E-state index is 0.00395. The van der Waals surface area contributed by atoms with Gasteiger partial charge in [0.2, 0.25) is 5.71 Å². The number of hydrogen-bond acceptors (Lipinski definition) is 6. The minimum atomic E-state index is -0.743. The number of nitrogens with two attached hydrogens (primary N) is 1. The van der Waals surface area contributed by atoms with Crippen molar-refractivity contribution < 1.29 is 9.59 Å². The molecule has 1 heterocycles. The maximum atomic E-state index is 11.9. The fraction of sp³-hybridized carbons (Fsp3) is 0.0714. The molecule has 9 nitrogen and oxygen atoms in total. The third-order valence-corrected chi connectivity index (χ3v) is 2.78. The highest BCUT2D eigenvalue weighted by Gasteiger charge is 2.13. The zero-order chi connectivity index (χ0) is 16.7. The zero-order valence-corrected chi connectivity index (χ0v) is 11.9. The Kier molecular flexibility index (Phi) is 5.04. The van der Waals surface area contributed by atoms with E-state index in [2.05, 4.69) is 25.8 Å². The summed E-state index contributed by atoms with van der Waals surface area (Å²) in [6, 6.07) is 10.9. The molecule has 0 atom stereocenters. The van der Waals surface area contributed by atoms with Crippen LogP contribution in [-0.4, -0.2) is 27.5 Å². The summed E-state index contributed by atoms with van der Waals surface area (Å²) in [7, 11) is 0. The molecule has 1 aromatic heterocycles. The summed E-state index contributed by atoms with van der Waals surface area (Å²) in [6.45, 7) is 0.259. The van der Waals surface area contributed by atoms with Gasteiger partial charge in [0.25, 0.3) is 11.8 Å².